The van der Waals surface area contributed by atoms with E-state index < -0.39 is 0 Å². The van der Waals surface area contributed by atoms with Crippen molar-refractivity contribution in [1.29, 1.82) is 0 Å². The normalized spacial score (nSPS) is 11.1. The van der Waals surface area contributed by atoms with E-state index in [4.69, 9.17) is 9.47 Å². The number of rotatable bonds is 8. The summed E-state index contributed by atoms with van der Waals surface area (Å²) in [5.41, 5.74) is 5.66. The summed E-state index contributed by atoms with van der Waals surface area (Å²) in [6.07, 6.45) is 1.90. The van der Waals surface area contributed by atoms with Gasteiger partial charge in [0, 0.05) is 26.7 Å². The predicted octanol–water partition coefficient (Wildman–Crippen LogP) is 4.59. The largest absolute Gasteiger partial charge is 0.493 e. The number of ether oxygens (including phenoxy) is 2. The van der Waals surface area contributed by atoms with Gasteiger partial charge in [-0.05, 0) is 41.0 Å². The van der Waals surface area contributed by atoms with Gasteiger partial charge in [-0.1, -0.05) is 42.5 Å². The van der Waals surface area contributed by atoms with Crippen molar-refractivity contribution in [1.82, 2.24) is 20.2 Å². The minimum atomic E-state index is 0. The Morgan fingerprint density at radius 1 is 0.853 bits per heavy atom. The summed E-state index contributed by atoms with van der Waals surface area (Å²) in [5, 5.41) is 6.70. The van der Waals surface area contributed by atoms with Crippen LogP contribution in [-0.2, 0) is 19.6 Å². The first-order chi connectivity index (χ1) is 16.2. The molecule has 8 heteroatoms. The molecule has 0 atom stereocenters. The summed E-state index contributed by atoms with van der Waals surface area (Å²) in [6, 6.07) is 22.7. The van der Waals surface area contributed by atoms with Crippen LogP contribution in [0.1, 0.15) is 16.7 Å². The van der Waals surface area contributed by atoms with Crippen molar-refractivity contribution in [3.05, 3.63) is 89.7 Å². The van der Waals surface area contributed by atoms with Gasteiger partial charge < -0.3 is 24.7 Å². The first-order valence-corrected chi connectivity index (χ1v) is 10.8. The molecule has 34 heavy (non-hydrogen) atoms. The molecule has 0 spiro atoms. The van der Waals surface area contributed by atoms with Crippen molar-refractivity contribution < 1.29 is 9.47 Å². The van der Waals surface area contributed by atoms with E-state index >= 15 is 0 Å². The lowest BCUT2D eigenvalue weighted by atomic mass is 10.1. The molecule has 1 heterocycles. The number of aromatic nitrogens is 2. The molecule has 0 saturated heterocycles. The summed E-state index contributed by atoms with van der Waals surface area (Å²) in [5.74, 6) is 2.16. The maximum Gasteiger partial charge on any atom is 0.191 e. The van der Waals surface area contributed by atoms with Gasteiger partial charge >= 0.3 is 0 Å². The quantitative estimate of drug-likeness (QED) is 0.184. The smallest absolute Gasteiger partial charge is 0.191 e. The first kappa shape index (κ1) is 25.4. The van der Waals surface area contributed by atoms with Crippen molar-refractivity contribution in [3.8, 4) is 11.5 Å². The Morgan fingerprint density at radius 3 is 2.21 bits per heavy atom. The molecule has 0 aliphatic heterocycles. The molecule has 178 valence electrons. The fourth-order valence-corrected chi connectivity index (χ4v) is 3.68. The highest BCUT2D eigenvalue weighted by atomic mass is 127. The fraction of sp³-hybridized carbons (Fsp3) is 0.231. The maximum atomic E-state index is 5.38. The SMILES string of the molecule is CN=C(NCc1ccc(Cn2cnc3ccccc32)cc1)NCc1ccc(OC)c(OC)c1.I. The van der Waals surface area contributed by atoms with Crippen molar-refractivity contribution in [2.24, 2.45) is 4.99 Å². The third-order valence-electron chi connectivity index (χ3n) is 5.49. The van der Waals surface area contributed by atoms with E-state index in [1.54, 1.807) is 21.3 Å². The molecule has 2 N–H and O–H groups in total. The van der Waals surface area contributed by atoms with Crippen molar-refractivity contribution in [3.63, 3.8) is 0 Å². The minimum Gasteiger partial charge on any atom is -0.493 e. The molecule has 0 fully saturated rings. The Morgan fingerprint density at radius 2 is 1.50 bits per heavy atom. The highest BCUT2D eigenvalue weighted by molar-refractivity contribution is 14.0. The van der Waals surface area contributed by atoms with E-state index in [0.717, 1.165) is 29.1 Å². The monoisotopic (exact) mass is 571 g/mol. The molecule has 0 radical (unpaired) electrons. The zero-order valence-electron chi connectivity index (χ0n) is 19.6. The molecule has 0 unspecified atom stereocenters. The molecule has 0 aliphatic carbocycles. The van der Waals surface area contributed by atoms with Crippen LogP contribution in [0.3, 0.4) is 0 Å². The molecule has 0 bridgehead atoms. The number of imidazole rings is 1. The number of fused-ring (bicyclic) bond motifs is 1. The van der Waals surface area contributed by atoms with Crippen LogP contribution in [0.15, 0.2) is 78.0 Å². The molecular formula is C26H30IN5O2. The van der Waals surface area contributed by atoms with E-state index in [-0.39, 0.29) is 24.0 Å². The second-order valence-electron chi connectivity index (χ2n) is 7.65. The van der Waals surface area contributed by atoms with Gasteiger partial charge in [0.05, 0.1) is 31.6 Å². The first-order valence-electron chi connectivity index (χ1n) is 10.8. The van der Waals surface area contributed by atoms with Crippen LogP contribution in [-0.4, -0.2) is 36.8 Å². The number of benzene rings is 3. The van der Waals surface area contributed by atoms with E-state index in [1.165, 1.54) is 11.1 Å². The Bertz CT molecular complexity index is 1240. The van der Waals surface area contributed by atoms with Gasteiger partial charge in [0.25, 0.3) is 0 Å². The molecule has 3 aromatic carbocycles. The number of aliphatic imine (C=N–C) groups is 1. The lowest BCUT2D eigenvalue weighted by Gasteiger charge is -2.14. The molecule has 4 rings (SSSR count). The Hall–Kier alpha value is -3.27. The van der Waals surface area contributed by atoms with Crippen LogP contribution in [0.4, 0.5) is 0 Å². The van der Waals surface area contributed by atoms with Gasteiger partial charge in [0.15, 0.2) is 17.5 Å². The second kappa shape index (κ2) is 12.3. The second-order valence-corrected chi connectivity index (χ2v) is 7.65. The van der Waals surface area contributed by atoms with E-state index in [9.17, 15) is 0 Å². The van der Waals surface area contributed by atoms with E-state index in [2.05, 4.69) is 55.5 Å². The van der Waals surface area contributed by atoms with Gasteiger partial charge in [-0.25, -0.2) is 4.98 Å². The number of nitrogens with one attached hydrogen (secondary N) is 2. The van der Waals surface area contributed by atoms with Crippen LogP contribution >= 0.6 is 24.0 Å². The number of hydrogen-bond donors (Lipinski definition) is 2. The number of para-hydroxylation sites is 2. The molecular weight excluding hydrogens is 541 g/mol. The number of guanidine groups is 1. The van der Waals surface area contributed by atoms with Crippen molar-refractivity contribution in [2.45, 2.75) is 19.6 Å². The van der Waals surface area contributed by atoms with Crippen LogP contribution < -0.4 is 20.1 Å². The summed E-state index contributed by atoms with van der Waals surface area (Å²) in [4.78, 5) is 8.79. The van der Waals surface area contributed by atoms with Crippen LogP contribution in [0.25, 0.3) is 11.0 Å². The number of nitrogens with zero attached hydrogens (tertiary/aromatic N) is 3. The van der Waals surface area contributed by atoms with Crippen molar-refractivity contribution in [2.75, 3.05) is 21.3 Å². The molecule has 0 saturated carbocycles. The topological polar surface area (TPSA) is 72.7 Å². The molecule has 1 aromatic heterocycles. The lowest BCUT2D eigenvalue weighted by molar-refractivity contribution is 0.354. The number of hydrogen-bond acceptors (Lipinski definition) is 4. The average molecular weight is 571 g/mol. The molecule has 0 amide bonds. The molecule has 4 aromatic rings. The van der Waals surface area contributed by atoms with E-state index in [1.807, 2.05) is 42.7 Å². The molecule has 7 nitrogen and oxygen atoms in total. The lowest BCUT2D eigenvalue weighted by Crippen LogP contribution is -2.36. The molecule has 0 aliphatic rings. The highest BCUT2D eigenvalue weighted by Gasteiger charge is 2.06. The zero-order chi connectivity index (χ0) is 23.0. The Balaban J connectivity index is 0.00000324. The minimum absolute atomic E-state index is 0. The third-order valence-corrected chi connectivity index (χ3v) is 5.49. The van der Waals surface area contributed by atoms with Gasteiger partial charge in [0.2, 0.25) is 0 Å². The van der Waals surface area contributed by atoms with Gasteiger partial charge in [0.1, 0.15) is 0 Å². The Labute approximate surface area is 217 Å². The summed E-state index contributed by atoms with van der Waals surface area (Å²) < 4.78 is 12.8. The number of methoxy groups -OCH3 is 2. The average Bonchev–Trinajstić information content (AvgIpc) is 3.27. The van der Waals surface area contributed by atoms with E-state index in [0.29, 0.717) is 24.6 Å². The Kier molecular flexibility index (Phi) is 9.15. The van der Waals surface area contributed by atoms with Gasteiger partial charge in [-0.15, -0.1) is 24.0 Å². The van der Waals surface area contributed by atoms with Crippen LogP contribution in [0.2, 0.25) is 0 Å². The zero-order valence-corrected chi connectivity index (χ0v) is 21.9. The highest BCUT2D eigenvalue weighted by Crippen LogP contribution is 2.27. The summed E-state index contributed by atoms with van der Waals surface area (Å²) in [7, 11) is 5.04. The van der Waals surface area contributed by atoms with Crippen LogP contribution in [0.5, 0.6) is 11.5 Å². The summed E-state index contributed by atoms with van der Waals surface area (Å²) >= 11 is 0. The standard InChI is InChI=1S/C26H29N5O2.HI/c1-27-26(29-16-21-12-13-24(32-2)25(14-21)33-3)28-15-19-8-10-20(11-9-19)17-31-18-30-22-6-4-5-7-23(22)31;/h4-14,18H,15-17H2,1-3H3,(H2,27,28,29);1H. The number of halogens is 1. The third kappa shape index (κ3) is 6.19. The van der Waals surface area contributed by atoms with Crippen LogP contribution in [0, 0.1) is 0 Å². The maximum absolute atomic E-state index is 5.38. The van der Waals surface area contributed by atoms with Crippen molar-refractivity contribution >= 4 is 41.0 Å². The predicted molar refractivity (Wildman–Crippen MR) is 147 cm³/mol. The van der Waals surface area contributed by atoms with Gasteiger partial charge in [-0.2, -0.15) is 0 Å². The fourth-order valence-electron chi connectivity index (χ4n) is 3.68. The van der Waals surface area contributed by atoms with Gasteiger partial charge in [-0.3, -0.25) is 4.99 Å². The summed E-state index contributed by atoms with van der Waals surface area (Å²) in [6.45, 7) is 2.10.